The van der Waals surface area contributed by atoms with Gasteiger partial charge in [0.05, 0.1) is 12.3 Å². The molecular weight excluding hydrogens is 352 g/mol. The number of ether oxygens (including phenoxy) is 1. The number of hydrogen-bond donors (Lipinski definition) is 3. The van der Waals surface area contributed by atoms with Crippen LogP contribution in [0.25, 0.3) is 11.2 Å². The fourth-order valence-electron chi connectivity index (χ4n) is 2.62. The van der Waals surface area contributed by atoms with Gasteiger partial charge in [0.15, 0.2) is 11.2 Å². The molecule has 2 heterocycles. The van der Waals surface area contributed by atoms with Gasteiger partial charge in [0.25, 0.3) is 5.56 Å². The summed E-state index contributed by atoms with van der Waals surface area (Å²) in [5.41, 5.74) is 3.76. The van der Waals surface area contributed by atoms with Gasteiger partial charge in [0, 0.05) is 20.7 Å². The van der Waals surface area contributed by atoms with Crippen molar-refractivity contribution in [1.82, 2.24) is 19.1 Å². The molecule has 10 nitrogen and oxygen atoms in total. The van der Waals surface area contributed by atoms with Gasteiger partial charge in [-0.3, -0.25) is 14.3 Å². The zero-order chi connectivity index (χ0) is 19.6. The van der Waals surface area contributed by atoms with Crippen molar-refractivity contribution < 1.29 is 9.84 Å². The summed E-state index contributed by atoms with van der Waals surface area (Å²) in [6, 6.07) is 6.60. The number of phenolic OH excluding ortho intramolecular Hbond substituents is 1. The van der Waals surface area contributed by atoms with E-state index in [9.17, 15) is 14.7 Å². The van der Waals surface area contributed by atoms with Crippen LogP contribution in [0.15, 0.2) is 39.0 Å². The lowest BCUT2D eigenvalue weighted by Crippen LogP contribution is -2.29. The molecule has 0 bridgehead atoms. The smallest absolute Gasteiger partial charge is 0.329 e. The van der Waals surface area contributed by atoms with E-state index in [1.807, 2.05) is 0 Å². The van der Waals surface area contributed by atoms with Crippen molar-refractivity contribution in [3.8, 4) is 5.75 Å². The molecule has 3 rings (SSSR count). The van der Waals surface area contributed by atoms with Crippen molar-refractivity contribution in [2.24, 2.45) is 12.1 Å². The predicted octanol–water partition coefficient (Wildman–Crippen LogP) is 0.611. The number of aromatic nitrogens is 4. The number of nitrogens with zero attached hydrogens (tertiary/aromatic N) is 4. The van der Waals surface area contributed by atoms with Gasteiger partial charge in [0.1, 0.15) is 5.75 Å². The summed E-state index contributed by atoms with van der Waals surface area (Å²) in [5, 5.41) is 13.7. The first kappa shape index (κ1) is 18.4. The number of hydrazone groups is 1. The standard InChI is InChI=1S/C17H20N6O4/c1-10(11-4-6-12(24)7-5-11)20-21-16-18-14-13(23(16)8-9-27-3)15(25)19-17(26)22(14)2/h4-7,24H,8-9H2,1-3H3,(H,18,21)(H,19,25,26)/b20-10-. The summed E-state index contributed by atoms with van der Waals surface area (Å²) in [7, 11) is 3.09. The zero-order valence-corrected chi connectivity index (χ0v) is 15.2. The molecule has 27 heavy (non-hydrogen) atoms. The maximum atomic E-state index is 12.3. The highest BCUT2D eigenvalue weighted by Gasteiger charge is 2.17. The number of aryl methyl sites for hydroxylation is 1. The van der Waals surface area contributed by atoms with E-state index in [0.717, 1.165) is 5.56 Å². The first-order valence-corrected chi connectivity index (χ1v) is 8.20. The first-order chi connectivity index (χ1) is 12.9. The Morgan fingerprint density at radius 3 is 2.70 bits per heavy atom. The van der Waals surface area contributed by atoms with E-state index in [1.165, 1.54) is 11.6 Å². The van der Waals surface area contributed by atoms with Crippen LogP contribution in [-0.4, -0.2) is 43.6 Å². The van der Waals surface area contributed by atoms with Gasteiger partial charge in [0.2, 0.25) is 5.95 Å². The maximum Gasteiger partial charge on any atom is 0.329 e. The number of phenols is 1. The van der Waals surface area contributed by atoms with E-state index in [4.69, 9.17) is 4.74 Å². The van der Waals surface area contributed by atoms with Crippen LogP contribution in [0.4, 0.5) is 5.95 Å². The van der Waals surface area contributed by atoms with Crippen LogP contribution in [0.5, 0.6) is 5.75 Å². The van der Waals surface area contributed by atoms with Gasteiger partial charge in [-0.1, -0.05) is 0 Å². The second-order valence-corrected chi connectivity index (χ2v) is 5.93. The average molecular weight is 372 g/mol. The molecule has 1 aromatic carbocycles. The fraction of sp³-hybridized carbons (Fsp3) is 0.294. The predicted molar refractivity (Wildman–Crippen MR) is 101 cm³/mol. The number of imidazole rings is 1. The molecule has 0 radical (unpaired) electrons. The van der Waals surface area contributed by atoms with Gasteiger partial charge in [-0.25, -0.2) is 10.2 Å². The van der Waals surface area contributed by atoms with Crippen LogP contribution in [0.1, 0.15) is 12.5 Å². The Kier molecular flexibility index (Phi) is 5.08. The van der Waals surface area contributed by atoms with Gasteiger partial charge >= 0.3 is 5.69 Å². The van der Waals surface area contributed by atoms with E-state index in [-0.39, 0.29) is 16.9 Å². The van der Waals surface area contributed by atoms with Gasteiger partial charge in [-0.05, 0) is 36.8 Å². The Bertz CT molecular complexity index is 1110. The molecule has 0 saturated carbocycles. The minimum absolute atomic E-state index is 0.168. The van der Waals surface area contributed by atoms with Crippen molar-refractivity contribution in [3.05, 3.63) is 50.7 Å². The van der Waals surface area contributed by atoms with Crippen LogP contribution in [-0.2, 0) is 18.3 Å². The van der Waals surface area contributed by atoms with Crippen molar-refractivity contribution >= 4 is 22.8 Å². The monoisotopic (exact) mass is 372 g/mol. The third-order valence-electron chi connectivity index (χ3n) is 4.13. The Hall–Kier alpha value is -3.40. The van der Waals surface area contributed by atoms with Crippen LogP contribution >= 0.6 is 0 Å². The fourth-order valence-corrected chi connectivity index (χ4v) is 2.62. The molecule has 0 aliphatic rings. The van der Waals surface area contributed by atoms with Crippen molar-refractivity contribution in [3.63, 3.8) is 0 Å². The van der Waals surface area contributed by atoms with Gasteiger partial charge in [-0.15, -0.1) is 0 Å². The zero-order valence-electron chi connectivity index (χ0n) is 15.2. The van der Waals surface area contributed by atoms with Crippen molar-refractivity contribution in [2.75, 3.05) is 19.1 Å². The highest BCUT2D eigenvalue weighted by molar-refractivity contribution is 5.99. The van der Waals surface area contributed by atoms with E-state index in [2.05, 4.69) is 20.5 Å². The number of hydrogen-bond acceptors (Lipinski definition) is 7. The molecule has 2 aromatic heterocycles. The third kappa shape index (κ3) is 3.60. The first-order valence-electron chi connectivity index (χ1n) is 8.20. The average Bonchev–Trinajstić information content (AvgIpc) is 3.02. The molecule has 0 atom stereocenters. The molecule has 0 spiro atoms. The van der Waals surface area contributed by atoms with E-state index >= 15 is 0 Å². The maximum absolute atomic E-state index is 12.3. The van der Waals surface area contributed by atoms with E-state index in [0.29, 0.717) is 24.8 Å². The lowest BCUT2D eigenvalue weighted by Gasteiger charge is -2.08. The van der Waals surface area contributed by atoms with Crippen LogP contribution in [0.3, 0.4) is 0 Å². The van der Waals surface area contributed by atoms with E-state index < -0.39 is 11.2 Å². The molecular formula is C17H20N6O4. The number of anilines is 1. The Labute approximate surface area is 153 Å². The Morgan fingerprint density at radius 2 is 2.04 bits per heavy atom. The summed E-state index contributed by atoms with van der Waals surface area (Å²) in [5.74, 6) is 0.480. The minimum Gasteiger partial charge on any atom is -0.508 e. The number of fused-ring (bicyclic) bond motifs is 1. The summed E-state index contributed by atoms with van der Waals surface area (Å²) in [6.07, 6.45) is 0. The molecule has 0 unspecified atom stereocenters. The van der Waals surface area contributed by atoms with Crippen molar-refractivity contribution in [2.45, 2.75) is 13.5 Å². The highest BCUT2D eigenvalue weighted by Crippen LogP contribution is 2.16. The summed E-state index contributed by atoms with van der Waals surface area (Å²) >= 11 is 0. The summed E-state index contributed by atoms with van der Waals surface area (Å²) in [6.45, 7) is 2.50. The summed E-state index contributed by atoms with van der Waals surface area (Å²) < 4.78 is 7.98. The largest absolute Gasteiger partial charge is 0.508 e. The SMILES string of the molecule is COCCn1c(N/N=C(/C)c2ccc(O)cc2)nc2c1c(=O)[nH]c(=O)n2C. The molecule has 0 fully saturated rings. The van der Waals surface area contributed by atoms with Crippen molar-refractivity contribution in [1.29, 1.82) is 0 Å². The van der Waals surface area contributed by atoms with Gasteiger partial charge in [-0.2, -0.15) is 10.1 Å². The lowest BCUT2D eigenvalue weighted by molar-refractivity contribution is 0.188. The number of nitrogens with one attached hydrogen (secondary N) is 2. The number of methoxy groups -OCH3 is 1. The molecule has 10 heteroatoms. The quantitative estimate of drug-likeness (QED) is 0.430. The molecule has 142 valence electrons. The topological polar surface area (TPSA) is 127 Å². The Morgan fingerprint density at radius 1 is 1.33 bits per heavy atom. The Balaban J connectivity index is 2.05. The normalized spacial score (nSPS) is 11.9. The van der Waals surface area contributed by atoms with Gasteiger partial charge < -0.3 is 14.4 Å². The number of H-pyrrole nitrogens is 1. The molecule has 0 aliphatic carbocycles. The molecule has 0 amide bonds. The molecule has 3 N–H and O–H groups in total. The third-order valence-corrected chi connectivity index (χ3v) is 4.13. The van der Waals surface area contributed by atoms with E-state index in [1.54, 1.807) is 42.9 Å². The number of aromatic hydroxyl groups is 1. The van der Waals surface area contributed by atoms with Crippen LogP contribution < -0.4 is 16.7 Å². The number of rotatable bonds is 6. The lowest BCUT2D eigenvalue weighted by atomic mass is 10.1. The molecule has 0 aliphatic heterocycles. The number of aromatic amines is 1. The second kappa shape index (κ2) is 7.46. The second-order valence-electron chi connectivity index (χ2n) is 5.93. The van der Waals surface area contributed by atoms with Crippen LogP contribution in [0, 0.1) is 0 Å². The minimum atomic E-state index is -0.542. The number of benzene rings is 1. The van der Waals surface area contributed by atoms with Crippen LogP contribution in [0.2, 0.25) is 0 Å². The molecule has 0 saturated heterocycles. The highest BCUT2D eigenvalue weighted by atomic mass is 16.5. The summed E-state index contributed by atoms with van der Waals surface area (Å²) in [4.78, 5) is 30.7. The molecule has 3 aromatic rings.